The molecule has 0 bridgehead atoms. The molecule has 12 heavy (non-hydrogen) atoms. The van der Waals surface area contributed by atoms with Gasteiger partial charge >= 0.3 is 0 Å². The van der Waals surface area contributed by atoms with Gasteiger partial charge in [0.1, 0.15) is 0 Å². The summed E-state index contributed by atoms with van der Waals surface area (Å²) in [5.74, 6) is 0. The van der Waals surface area contributed by atoms with Crippen LogP contribution in [0.15, 0.2) is 18.2 Å². The van der Waals surface area contributed by atoms with Gasteiger partial charge in [0.2, 0.25) is 0 Å². The van der Waals surface area contributed by atoms with E-state index >= 15 is 0 Å². The summed E-state index contributed by atoms with van der Waals surface area (Å²) in [7, 11) is 0. The van der Waals surface area contributed by atoms with Gasteiger partial charge in [0, 0.05) is 11.7 Å². The summed E-state index contributed by atoms with van der Waals surface area (Å²) in [6.45, 7) is 4.37. The lowest BCUT2D eigenvalue weighted by Gasteiger charge is -2.06. The second-order valence-corrected chi connectivity index (χ2v) is 3.61. The highest BCUT2D eigenvalue weighted by Gasteiger charge is 2.17. The topological polar surface area (TPSA) is 12.0 Å². The van der Waals surface area contributed by atoms with E-state index in [0.717, 1.165) is 0 Å². The second-order valence-electron chi connectivity index (χ2n) is 3.61. The van der Waals surface area contributed by atoms with E-state index < -0.39 is 0 Å². The van der Waals surface area contributed by atoms with Gasteiger partial charge in [0.05, 0.1) is 0 Å². The molecule has 1 heterocycles. The van der Waals surface area contributed by atoms with Crippen LogP contribution in [-0.4, -0.2) is 6.04 Å². The Morgan fingerprint density at radius 3 is 3.08 bits per heavy atom. The highest BCUT2D eigenvalue weighted by atomic mass is 14.9. The molecule has 1 aromatic carbocycles. The predicted molar refractivity (Wildman–Crippen MR) is 52.6 cm³/mol. The molecule has 0 aromatic heterocycles. The quantitative estimate of drug-likeness (QED) is 0.667. The van der Waals surface area contributed by atoms with Crippen LogP contribution >= 0.6 is 0 Å². The third-order valence-electron chi connectivity index (χ3n) is 2.58. The van der Waals surface area contributed by atoms with E-state index in [1.165, 1.54) is 29.7 Å². The van der Waals surface area contributed by atoms with Crippen LogP contribution in [-0.2, 0) is 6.42 Å². The Hall–Kier alpha value is -0.980. The number of hydrogen-bond acceptors (Lipinski definition) is 1. The third kappa shape index (κ3) is 1.20. The Bertz CT molecular complexity index is 291. The lowest BCUT2D eigenvalue weighted by Crippen LogP contribution is -2.12. The van der Waals surface area contributed by atoms with Crippen molar-refractivity contribution in [1.82, 2.24) is 0 Å². The minimum Gasteiger partial charge on any atom is -0.382 e. The molecule has 1 aliphatic heterocycles. The Morgan fingerprint density at radius 1 is 1.50 bits per heavy atom. The number of aryl methyl sites for hydroxylation is 1. The molecule has 0 radical (unpaired) electrons. The fourth-order valence-electron chi connectivity index (χ4n) is 1.79. The van der Waals surface area contributed by atoms with Crippen molar-refractivity contribution in [1.29, 1.82) is 0 Å². The summed E-state index contributed by atoms with van der Waals surface area (Å²) in [4.78, 5) is 0. The molecule has 1 atom stereocenters. The maximum absolute atomic E-state index is 3.52. The van der Waals surface area contributed by atoms with Crippen LogP contribution in [0.4, 0.5) is 5.69 Å². The fraction of sp³-hybridized carbons (Fsp3) is 0.455. The highest BCUT2D eigenvalue weighted by molar-refractivity contribution is 5.58. The number of benzene rings is 1. The van der Waals surface area contributed by atoms with Crippen molar-refractivity contribution < 1.29 is 0 Å². The normalized spacial score (nSPS) is 20.3. The van der Waals surface area contributed by atoms with E-state index in [9.17, 15) is 0 Å². The van der Waals surface area contributed by atoms with Gasteiger partial charge in [-0.1, -0.05) is 19.1 Å². The number of nitrogens with one attached hydrogen (secondary N) is 1. The largest absolute Gasteiger partial charge is 0.382 e. The molecule has 1 heteroatoms. The van der Waals surface area contributed by atoms with Crippen molar-refractivity contribution in [2.75, 3.05) is 5.32 Å². The van der Waals surface area contributed by atoms with Gasteiger partial charge in [-0.15, -0.1) is 0 Å². The number of rotatable bonds is 1. The zero-order valence-electron chi connectivity index (χ0n) is 7.72. The molecule has 2 rings (SSSR count). The molecule has 1 N–H and O–H groups in total. The maximum atomic E-state index is 3.52. The molecule has 0 saturated carbocycles. The summed E-state index contributed by atoms with van der Waals surface area (Å²) >= 11 is 0. The van der Waals surface area contributed by atoms with Gasteiger partial charge < -0.3 is 5.32 Å². The van der Waals surface area contributed by atoms with Crippen molar-refractivity contribution in [2.45, 2.75) is 32.7 Å². The van der Waals surface area contributed by atoms with Crippen molar-refractivity contribution in [3.63, 3.8) is 0 Å². The van der Waals surface area contributed by atoms with Gasteiger partial charge in [0.15, 0.2) is 0 Å². The smallest absolute Gasteiger partial charge is 0.0378 e. The summed E-state index contributed by atoms with van der Waals surface area (Å²) in [5.41, 5.74) is 4.17. The lowest BCUT2D eigenvalue weighted by atomic mass is 10.1. The minimum absolute atomic E-state index is 0.668. The van der Waals surface area contributed by atoms with E-state index in [0.29, 0.717) is 6.04 Å². The molecule has 1 aromatic rings. The Kier molecular flexibility index (Phi) is 1.80. The second kappa shape index (κ2) is 2.81. The predicted octanol–water partition coefficient (Wildman–Crippen LogP) is 2.74. The molecular formula is C11H15N. The van der Waals surface area contributed by atoms with Crippen LogP contribution in [0, 0.1) is 6.92 Å². The zero-order valence-corrected chi connectivity index (χ0v) is 7.72. The molecule has 1 aliphatic rings. The first-order valence-corrected chi connectivity index (χ1v) is 4.65. The first-order chi connectivity index (χ1) is 5.79. The fourth-order valence-corrected chi connectivity index (χ4v) is 1.79. The Balaban J connectivity index is 2.30. The van der Waals surface area contributed by atoms with Crippen LogP contribution < -0.4 is 5.32 Å². The third-order valence-corrected chi connectivity index (χ3v) is 2.58. The Labute approximate surface area is 73.8 Å². The Morgan fingerprint density at radius 2 is 2.33 bits per heavy atom. The van der Waals surface area contributed by atoms with Crippen LogP contribution in [0.3, 0.4) is 0 Å². The molecule has 1 unspecified atom stereocenters. The standard InChI is InChI=1S/C11H15N/c1-3-10-7-9-5-4-8(2)6-11(9)12-10/h4-6,10,12H,3,7H2,1-2H3. The van der Waals surface area contributed by atoms with Crippen LogP contribution in [0.25, 0.3) is 0 Å². The van der Waals surface area contributed by atoms with Crippen molar-refractivity contribution in [2.24, 2.45) is 0 Å². The molecular weight excluding hydrogens is 146 g/mol. The molecule has 64 valence electrons. The van der Waals surface area contributed by atoms with Gasteiger partial charge in [-0.2, -0.15) is 0 Å². The average molecular weight is 161 g/mol. The molecule has 0 aliphatic carbocycles. The van der Waals surface area contributed by atoms with Crippen LogP contribution in [0.5, 0.6) is 0 Å². The van der Waals surface area contributed by atoms with Gasteiger partial charge in [-0.3, -0.25) is 0 Å². The van der Waals surface area contributed by atoms with Crippen molar-refractivity contribution in [3.05, 3.63) is 29.3 Å². The zero-order chi connectivity index (χ0) is 8.55. The van der Waals surface area contributed by atoms with Gasteiger partial charge in [-0.25, -0.2) is 0 Å². The lowest BCUT2D eigenvalue weighted by molar-refractivity contribution is 0.723. The monoisotopic (exact) mass is 161 g/mol. The van der Waals surface area contributed by atoms with E-state index in [4.69, 9.17) is 0 Å². The van der Waals surface area contributed by atoms with Crippen LogP contribution in [0.2, 0.25) is 0 Å². The van der Waals surface area contributed by atoms with Crippen molar-refractivity contribution in [3.8, 4) is 0 Å². The van der Waals surface area contributed by atoms with Crippen molar-refractivity contribution >= 4 is 5.69 Å². The molecule has 0 fully saturated rings. The average Bonchev–Trinajstić information content (AvgIpc) is 2.46. The molecule has 0 amide bonds. The number of fused-ring (bicyclic) bond motifs is 1. The van der Waals surface area contributed by atoms with Gasteiger partial charge in [0.25, 0.3) is 0 Å². The number of anilines is 1. The van der Waals surface area contributed by atoms with Crippen LogP contribution in [0.1, 0.15) is 24.5 Å². The summed E-state index contributed by atoms with van der Waals surface area (Å²) in [5, 5.41) is 3.52. The number of hydrogen-bond donors (Lipinski definition) is 1. The minimum atomic E-state index is 0.668. The maximum Gasteiger partial charge on any atom is 0.0378 e. The molecule has 1 nitrogen and oxygen atoms in total. The van der Waals surface area contributed by atoms with Gasteiger partial charge in [-0.05, 0) is 37.0 Å². The van der Waals surface area contributed by atoms with E-state index in [1.54, 1.807) is 0 Å². The summed E-state index contributed by atoms with van der Waals surface area (Å²) in [6.07, 6.45) is 2.42. The molecule has 0 spiro atoms. The van der Waals surface area contributed by atoms with E-state index in [1.807, 2.05) is 0 Å². The first-order valence-electron chi connectivity index (χ1n) is 4.65. The van der Waals surface area contributed by atoms with E-state index in [-0.39, 0.29) is 0 Å². The molecule has 0 saturated heterocycles. The first kappa shape index (κ1) is 7.66. The summed E-state index contributed by atoms with van der Waals surface area (Å²) in [6, 6.07) is 7.35. The van der Waals surface area contributed by atoms with E-state index in [2.05, 4.69) is 37.4 Å². The highest BCUT2D eigenvalue weighted by Crippen LogP contribution is 2.27. The summed E-state index contributed by atoms with van der Waals surface area (Å²) < 4.78 is 0. The SMILES string of the molecule is CCC1Cc2ccc(C)cc2N1.